The molecule has 1 heterocycles. The summed E-state index contributed by atoms with van der Waals surface area (Å²) in [4.78, 5) is 44.7. The van der Waals surface area contributed by atoms with Gasteiger partial charge in [-0.15, -0.1) is 0 Å². The van der Waals surface area contributed by atoms with E-state index < -0.39 is 34.2 Å². The van der Waals surface area contributed by atoms with Crippen molar-refractivity contribution in [2.24, 2.45) is 0 Å². The molecule has 0 aliphatic rings. The van der Waals surface area contributed by atoms with Gasteiger partial charge in [-0.2, -0.15) is 0 Å². The van der Waals surface area contributed by atoms with Crippen LogP contribution in [0.3, 0.4) is 0 Å². The van der Waals surface area contributed by atoms with Gasteiger partial charge >= 0.3 is 11.9 Å². The van der Waals surface area contributed by atoms with Gasteiger partial charge in [-0.1, -0.05) is 0 Å². The Kier molecular flexibility index (Phi) is 2.47. The van der Waals surface area contributed by atoms with Crippen molar-refractivity contribution >= 4 is 22.7 Å². The summed E-state index contributed by atoms with van der Waals surface area (Å²) < 4.78 is 0. The van der Waals surface area contributed by atoms with Gasteiger partial charge in [0, 0.05) is 0 Å². The molecular weight excluding hydrogens is 244 g/mol. The van der Waals surface area contributed by atoms with Crippen molar-refractivity contribution in [2.75, 3.05) is 0 Å². The Labute approximate surface area is 97.5 Å². The number of H-pyrrole nitrogens is 2. The van der Waals surface area contributed by atoms with Crippen LogP contribution in [0.4, 0.5) is 0 Å². The van der Waals surface area contributed by atoms with Crippen molar-refractivity contribution in [1.29, 1.82) is 0 Å². The number of aromatic amines is 2. The number of carboxylic acids is 2. The molecule has 1 aromatic carbocycles. The van der Waals surface area contributed by atoms with Crippen LogP contribution in [0.5, 0.6) is 0 Å². The summed E-state index contributed by atoms with van der Waals surface area (Å²) in [5.41, 5.74) is -2.51. The minimum Gasteiger partial charge on any atom is -0.478 e. The van der Waals surface area contributed by atoms with E-state index in [0.717, 1.165) is 12.1 Å². The van der Waals surface area contributed by atoms with Crippen molar-refractivity contribution < 1.29 is 19.8 Å². The Morgan fingerprint density at radius 2 is 1.17 bits per heavy atom. The monoisotopic (exact) mass is 250 g/mol. The Morgan fingerprint density at radius 1 is 0.833 bits per heavy atom. The third-order valence-corrected chi connectivity index (χ3v) is 2.40. The quantitative estimate of drug-likeness (QED) is 0.572. The van der Waals surface area contributed by atoms with Gasteiger partial charge < -0.3 is 10.2 Å². The van der Waals surface area contributed by atoms with Gasteiger partial charge in [0.25, 0.3) is 11.1 Å². The molecule has 8 heteroatoms. The number of rotatable bonds is 2. The molecule has 0 atom stereocenters. The second-order valence-electron chi connectivity index (χ2n) is 3.46. The summed E-state index contributed by atoms with van der Waals surface area (Å²) in [6.45, 7) is 0. The van der Waals surface area contributed by atoms with Gasteiger partial charge in [0.1, 0.15) is 0 Å². The lowest BCUT2D eigenvalue weighted by Gasteiger charge is -2.03. The van der Waals surface area contributed by atoms with Crippen LogP contribution in [0.1, 0.15) is 20.7 Å². The Bertz CT molecular complexity index is 719. The first-order valence-corrected chi connectivity index (χ1v) is 4.67. The van der Waals surface area contributed by atoms with Gasteiger partial charge in [0.15, 0.2) is 0 Å². The standard InChI is InChI=1S/C10H6N2O6/c13-7-3-1-5(9(15)16)6(10(17)18)2-4(3)8(14)12-11-7/h1-2H,(H,11,13)(H,12,14)(H,15,16)(H,17,18). The molecule has 18 heavy (non-hydrogen) atoms. The van der Waals surface area contributed by atoms with Gasteiger partial charge in [-0.3, -0.25) is 19.8 Å². The van der Waals surface area contributed by atoms with Crippen LogP contribution in [-0.4, -0.2) is 32.3 Å². The molecule has 2 aromatic rings. The highest BCUT2D eigenvalue weighted by Gasteiger charge is 2.19. The maximum absolute atomic E-state index is 11.4. The lowest BCUT2D eigenvalue weighted by Crippen LogP contribution is -2.20. The first-order chi connectivity index (χ1) is 8.41. The number of benzene rings is 1. The highest BCUT2D eigenvalue weighted by molar-refractivity contribution is 6.05. The number of hydrogen-bond acceptors (Lipinski definition) is 4. The molecule has 1 aromatic heterocycles. The number of nitrogens with one attached hydrogen (secondary N) is 2. The van der Waals surface area contributed by atoms with Crippen LogP contribution in [0, 0.1) is 0 Å². The SMILES string of the molecule is O=C(O)c1cc2c(=O)[nH][nH]c(=O)c2cc1C(=O)O. The molecule has 0 saturated carbocycles. The van der Waals surface area contributed by atoms with Gasteiger partial charge in [0.2, 0.25) is 0 Å². The molecule has 0 amide bonds. The molecule has 0 saturated heterocycles. The third-order valence-electron chi connectivity index (χ3n) is 2.40. The predicted octanol–water partition coefficient (Wildman–Crippen LogP) is -0.387. The van der Waals surface area contributed by atoms with E-state index >= 15 is 0 Å². The zero-order valence-electron chi connectivity index (χ0n) is 8.68. The average molecular weight is 250 g/mol. The molecule has 0 radical (unpaired) electrons. The van der Waals surface area contributed by atoms with E-state index in [-0.39, 0.29) is 10.8 Å². The molecule has 0 aliphatic heterocycles. The topological polar surface area (TPSA) is 140 Å². The van der Waals surface area contributed by atoms with Crippen LogP contribution < -0.4 is 11.1 Å². The maximum Gasteiger partial charge on any atom is 0.336 e. The predicted molar refractivity (Wildman–Crippen MR) is 59.1 cm³/mol. The Hall–Kier alpha value is -2.90. The largest absolute Gasteiger partial charge is 0.478 e. The second-order valence-corrected chi connectivity index (χ2v) is 3.46. The normalized spacial score (nSPS) is 10.4. The molecule has 2 rings (SSSR count). The van der Waals surface area contributed by atoms with Crippen LogP contribution in [0.15, 0.2) is 21.7 Å². The van der Waals surface area contributed by atoms with Crippen LogP contribution in [0.25, 0.3) is 10.8 Å². The number of aromatic carboxylic acids is 2. The lowest BCUT2D eigenvalue weighted by molar-refractivity contribution is 0.0652. The van der Waals surface area contributed by atoms with E-state index in [4.69, 9.17) is 10.2 Å². The number of aromatic nitrogens is 2. The summed E-state index contributed by atoms with van der Waals surface area (Å²) in [6.07, 6.45) is 0. The summed E-state index contributed by atoms with van der Waals surface area (Å²) in [5.74, 6) is -2.98. The Balaban J connectivity index is 3.03. The van der Waals surface area contributed by atoms with E-state index in [1.807, 2.05) is 10.2 Å². The zero-order valence-corrected chi connectivity index (χ0v) is 8.68. The fraction of sp³-hybridized carbons (Fsp3) is 0. The van der Waals surface area contributed by atoms with Gasteiger partial charge in [-0.05, 0) is 12.1 Å². The van der Waals surface area contributed by atoms with Crippen LogP contribution in [0.2, 0.25) is 0 Å². The molecule has 8 nitrogen and oxygen atoms in total. The highest BCUT2D eigenvalue weighted by Crippen LogP contribution is 2.15. The van der Waals surface area contributed by atoms with Crippen molar-refractivity contribution in [3.63, 3.8) is 0 Å². The second kappa shape index (κ2) is 3.84. The summed E-state index contributed by atoms with van der Waals surface area (Å²) in [6, 6.07) is 1.74. The van der Waals surface area contributed by atoms with Gasteiger partial charge in [0.05, 0.1) is 21.9 Å². The summed E-state index contributed by atoms with van der Waals surface area (Å²) >= 11 is 0. The minimum atomic E-state index is -1.49. The molecule has 0 unspecified atom stereocenters. The van der Waals surface area contributed by atoms with Crippen molar-refractivity contribution in [3.05, 3.63) is 44.0 Å². The van der Waals surface area contributed by atoms with Crippen molar-refractivity contribution in [1.82, 2.24) is 10.2 Å². The summed E-state index contributed by atoms with van der Waals surface area (Å²) in [7, 11) is 0. The van der Waals surface area contributed by atoms with E-state index in [1.165, 1.54) is 0 Å². The van der Waals surface area contributed by atoms with E-state index in [9.17, 15) is 19.2 Å². The Morgan fingerprint density at radius 3 is 1.44 bits per heavy atom. The average Bonchev–Trinajstić information content (AvgIpc) is 2.32. The molecule has 4 N–H and O–H groups in total. The number of hydrogen-bond donors (Lipinski definition) is 4. The molecule has 0 fully saturated rings. The van der Waals surface area contributed by atoms with Crippen LogP contribution >= 0.6 is 0 Å². The zero-order chi connectivity index (χ0) is 13.4. The third kappa shape index (κ3) is 1.65. The fourth-order valence-electron chi connectivity index (χ4n) is 1.58. The molecule has 92 valence electrons. The number of carboxylic acid groups (broad SMARTS) is 2. The van der Waals surface area contributed by atoms with E-state index in [2.05, 4.69) is 0 Å². The van der Waals surface area contributed by atoms with Crippen molar-refractivity contribution in [3.8, 4) is 0 Å². The maximum atomic E-state index is 11.4. The lowest BCUT2D eigenvalue weighted by atomic mass is 10.0. The minimum absolute atomic E-state index is 0.179. The van der Waals surface area contributed by atoms with Crippen molar-refractivity contribution in [2.45, 2.75) is 0 Å². The van der Waals surface area contributed by atoms with Gasteiger partial charge in [-0.25, -0.2) is 9.59 Å². The molecular formula is C10H6N2O6. The number of carbonyl (C=O) groups is 2. The molecule has 0 spiro atoms. The highest BCUT2D eigenvalue weighted by atomic mass is 16.4. The summed E-state index contributed by atoms with van der Waals surface area (Å²) in [5, 5.41) is 21.4. The van der Waals surface area contributed by atoms with Crippen LogP contribution in [-0.2, 0) is 0 Å². The molecule has 0 aliphatic carbocycles. The smallest absolute Gasteiger partial charge is 0.336 e. The number of fused-ring (bicyclic) bond motifs is 1. The van der Waals surface area contributed by atoms with E-state index in [1.54, 1.807) is 0 Å². The fourth-order valence-corrected chi connectivity index (χ4v) is 1.58. The molecule has 0 bridgehead atoms. The first-order valence-electron chi connectivity index (χ1n) is 4.67. The first kappa shape index (κ1) is 11.6. The van der Waals surface area contributed by atoms with E-state index in [0.29, 0.717) is 0 Å².